The summed E-state index contributed by atoms with van der Waals surface area (Å²) in [7, 11) is 0. The van der Waals surface area contributed by atoms with E-state index >= 15 is 0 Å². The molecule has 0 rings (SSSR count). The Hall–Kier alpha value is -0.710. The molecule has 0 aliphatic rings. The molecule has 0 heterocycles. The summed E-state index contributed by atoms with van der Waals surface area (Å²) < 4.78 is 24.6. The van der Waals surface area contributed by atoms with Crippen LogP contribution in [0.2, 0.25) is 0 Å². The van der Waals surface area contributed by atoms with E-state index in [0.717, 1.165) is 44.9 Å². The standard InChI is InChI=1S/C14H26F2O3/c15-11-9-7-5-3-1-2-4-6-8-10-12(17)13(16)14(18)19/h12-13,17H,1-11H2,(H,18,19). The Bertz CT molecular complexity index is 225. The van der Waals surface area contributed by atoms with Gasteiger partial charge in [-0.05, 0) is 12.8 Å². The summed E-state index contributed by atoms with van der Waals surface area (Å²) in [5.74, 6) is -1.60. The van der Waals surface area contributed by atoms with Crippen LogP contribution in [-0.4, -0.2) is 35.1 Å². The van der Waals surface area contributed by atoms with Crippen molar-refractivity contribution in [2.45, 2.75) is 76.5 Å². The van der Waals surface area contributed by atoms with E-state index in [9.17, 15) is 18.7 Å². The fourth-order valence-corrected chi connectivity index (χ4v) is 2.00. The second-order valence-electron chi connectivity index (χ2n) is 4.97. The summed E-state index contributed by atoms with van der Waals surface area (Å²) in [4.78, 5) is 10.3. The van der Waals surface area contributed by atoms with Crippen LogP contribution in [0.25, 0.3) is 0 Å². The van der Waals surface area contributed by atoms with Crippen LogP contribution in [0.5, 0.6) is 0 Å². The quantitative estimate of drug-likeness (QED) is 0.506. The molecule has 0 amide bonds. The van der Waals surface area contributed by atoms with Gasteiger partial charge < -0.3 is 10.2 Å². The molecule has 0 fully saturated rings. The minimum Gasteiger partial charge on any atom is -0.479 e. The van der Waals surface area contributed by atoms with Gasteiger partial charge in [-0.3, -0.25) is 4.39 Å². The number of carboxylic acid groups (broad SMARTS) is 1. The van der Waals surface area contributed by atoms with Crippen molar-refractivity contribution in [2.24, 2.45) is 0 Å². The highest BCUT2D eigenvalue weighted by Gasteiger charge is 2.24. The van der Waals surface area contributed by atoms with Crippen molar-refractivity contribution in [1.82, 2.24) is 0 Å². The maximum absolute atomic E-state index is 12.8. The Morgan fingerprint density at radius 1 is 0.895 bits per heavy atom. The summed E-state index contributed by atoms with van der Waals surface area (Å²) in [6, 6.07) is 0. The molecule has 114 valence electrons. The first-order valence-corrected chi connectivity index (χ1v) is 7.20. The van der Waals surface area contributed by atoms with Crippen LogP contribution in [0.4, 0.5) is 8.78 Å². The van der Waals surface area contributed by atoms with Crippen LogP contribution in [0, 0.1) is 0 Å². The number of hydrogen-bond donors (Lipinski definition) is 2. The number of unbranched alkanes of at least 4 members (excludes halogenated alkanes) is 8. The van der Waals surface area contributed by atoms with E-state index in [-0.39, 0.29) is 13.1 Å². The predicted molar refractivity (Wildman–Crippen MR) is 70.7 cm³/mol. The smallest absolute Gasteiger partial charge is 0.341 e. The number of carboxylic acids is 1. The number of rotatable bonds is 13. The van der Waals surface area contributed by atoms with Gasteiger partial charge in [-0.25, -0.2) is 9.18 Å². The molecule has 2 unspecified atom stereocenters. The van der Waals surface area contributed by atoms with E-state index in [2.05, 4.69) is 0 Å². The number of aliphatic hydroxyl groups excluding tert-OH is 1. The van der Waals surface area contributed by atoms with Crippen molar-refractivity contribution < 1.29 is 23.8 Å². The lowest BCUT2D eigenvalue weighted by Gasteiger charge is -2.11. The van der Waals surface area contributed by atoms with E-state index < -0.39 is 18.2 Å². The average Bonchev–Trinajstić information content (AvgIpc) is 2.39. The minimum atomic E-state index is -2.17. The number of alkyl halides is 2. The van der Waals surface area contributed by atoms with Gasteiger partial charge in [0.2, 0.25) is 6.17 Å². The highest BCUT2D eigenvalue weighted by atomic mass is 19.1. The first-order chi connectivity index (χ1) is 9.09. The van der Waals surface area contributed by atoms with Gasteiger partial charge in [-0.1, -0.05) is 51.4 Å². The van der Waals surface area contributed by atoms with E-state index in [1.54, 1.807) is 0 Å². The largest absolute Gasteiger partial charge is 0.479 e. The summed E-state index contributed by atoms with van der Waals surface area (Å²) in [5.41, 5.74) is 0. The molecule has 0 aromatic heterocycles. The number of halogens is 2. The number of aliphatic carboxylic acids is 1. The molecule has 0 aliphatic heterocycles. The first kappa shape index (κ1) is 18.3. The lowest BCUT2D eigenvalue weighted by Crippen LogP contribution is -2.29. The van der Waals surface area contributed by atoms with Gasteiger partial charge in [0.15, 0.2) is 0 Å². The lowest BCUT2D eigenvalue weighted by atomic mass is 10.0. The van der Waals surface area contributed by atoms with Crippen molar-refractivity contribution in [1.29, 1.82) is 0 Å². The Labute approximate surface area is 114 Å². The van der Waals surface area contributed by atoms with Crippen LogP contribution < -0.4 is 0 Å². The minimum absolute atomic E-state index is 0.198. The second-order valence-corrected chi connectivity index (χ2v) is 4.97. The molecular weight excluding hydrogens is 254 g/mol. The maximum Gasteiger partial charge on any atom is 0.341 e. The summed E-state index contributed by atoms with van der Waals surface area (Å²) >= 11 is 0. The monoisotopic (exact) mass is 280 g/mol. The predicted octanol–water partition coefficient (Wildman–Crippen LogP) is 3.64. The van der Waals surface area contributed by atoms with Crippen LogP contribution in [0.3, 0.4) is 0 Å². The molecule has 0 bridgehead atoms. The molecule has 0 saturated carbocycles. The molecule has 0 radical (unpaired) electrons. The molecular formula is C14H26F2O3. The third-order valence-corrected chi connectivity index (χ3v) is 3.21. The van der Waals surface area contributed by atoms with Crippen molar-refractivity contribution in [2.75, 3.05) is 6.67 Å². The number of aliphatic hydroxyl groups is 1. The second kappa shape index (κ2) is 12.3. The Kier molecular flexibility index (Phi) is 11.9. The SMILES string of the molecule is O=C(O)C(F)C(O)CCCCCCCCCCCF. The molecule has 2 N–H and O–H groups in total. The maximum atomic E-state index is 12.8. The normalized spacial score (nSPS) is 14.3. The van der Waals surface area contributed by atoms with Crippen molar-refractivity contribution in [3.63, 3.8) is 0 Å². The van der Waals surface area contributed by atoms with E-state index in [1.807, 2.05) is 0 Å². The average molecular weight is 280 g/mol. The van der Waals surface area contributed by atoms with Gasteiger partial charge in [-0.2, -0.15) is 0 Å². The molecule has 3 nitrogen and oxygen atoms in total. The topological polar surface area (TPSA) is 57.5 Å². The summed E-state index contributed by atoms with van der Waals surface area (Å²) in [5, 5.41) is 17.6. The van der Waals surface area contributed by atoms with Gasteiger partial charge in [-0.15, -0.1) is 0 Å². The van der Waals surface area contributed by atoms with Crippen molar-refractivity contribution in [3.05, 3.63) is 0 Å². The van der Waals surface area contributed by atoms with E-state index in [4.69, 9.17) is 5.11 Å². The first-order valence-electron chi connectivity index (χ1n) is 7.20. The molecule has 2 atom stereocenters. The Morgan fingerprint density at radius 3 is 1.74 bits per heavy atom. The zero-order valence-electron chi connectivity index (χ0n) is 11.5. The molecule has 0 aromatic carbocycles. The van der Waals surface area contributed by atoms with Gasteiger partial charge >= 0.3 is 5.97 Å². The molecule has 0 saturated heterocycles. The van der Waals surface area contributed by atoms with Crippen LogP contribution >= 0.6 is 0 Å². The fourth-order valence-electron chi connectivity index (χ4n) is 2.00. The molecule has 0 spiro atoms. The summed E-state index contributed by atoms with van der Waals surface area (Å²) in [6.45, 7) is -0.228. The van der Waals surface area contributed by atoms with Crippen LogP contribution in [0.1, 0.15) is 64.2 Å². The highest BCUT2D eigenvalue weighted by molar-refractivity contribution is 5.72. The van der Waals surface area contributed by atoms with Crippen LogP contribution in [0.15, 0.2) is 0 Å². The van der Waals surface area contributed by atoms with E-state index in [0.29, 0.717) is 12.8 Å². The number of hydrogen-bond acceptors (Lipinski definition) is 2. The zero-order valence-corrected chi connectivity index (χ0v) is 11.5. The molecule has 0 aliphatic carbocycles. The zero-order chi connectivity index (χ0) is 14.5. The highest BCUT2D eigenvalue weighted by Crippen LogP contribution is 2.13. The molecule has 0 aromatic rings. The Balaban J connectivity index is 3.25. The van der Waals surface area contributed by atoms with Gasteiger partial charge in [0.25, 0.3) is 0 Å². The third kappa shape index (κ3) is 10.9. The van der Waals surface area contributed by atoms with Gasteiger partial charge in [0.05, 0.1) is 12.8 Å². The van der Waals surface area contributed by atoms with Gasteiger partial charge in [0.1, 0.15) is 0 Å². The fraction of sp³-hybridized carbons (Fsp3) is 0.929. The Morgan fingerprint density at radius 2 is 1.32 bits per heavy atom. The number of carbonyl (C=O) groups is 1. The third-order valence-electron chi connectivity index (χ3n) is 3.21. The van der Waals surface area contributed by atoms with Gasteiger partial charge in [0, 0.05) is 0 Å². The van der Waals surface area contributed by atoms with Crippen LogP contribution in [-0.2, 0) is 4.79 Å². The summed E-state index contributed by atoms with van der Waals surface area (Å²) in [6.07, 6.45) is 5.20. The molecule has 19 heavy (non-hydrogen) atoms. The lowest BCUT2D eigenvalue weighted by molar-refractivity contribution is -0.147. The van der Waals surface area contributed by atoms with Crippen molar-refractivity contribution in [3.8, 4) is 0 Å². The van der Waals surface area contributed by atoms with E-state index in [1.165, 1.54) is 0 Å². The molecule has 5 heteroatoms. The van der Waals surface area contributed by atoms with Crippen molar-refractivity contribution >= 4 is 5.97 Å².